The molecule has 0 unspecified atom stereocenters. The van der Waals surface area contributed by atoms with Gasteiger partial charge in [0.15, 0.2) is 0 Å². The molecule has 9 heteroatoms. The summed E-state index contributed by atoms with van der Waals surface area (Å²) in [6.07, 6.45) is -0.950. The molecule has 0 amide bonds. The van der Waals surface area contributed by atoms with Crippen molar-refractivity contribution < 1.29 is 18.1 Å². The van der Waals surface area contributed by atoms with Crippen molar-refractivity contribution in [2.45, 2.75) is 12.6 Å². The lowest BCUT2D eigenvalue weighted by Gasteiger charge is -2.10. The van der Waals surface area contributed by atoms with Crippen molar-refractivity contribution in [1.82, 2.24) is 9.97 Å². The molecule has 112 valence electrons. The van der Waals surface area contributed by atoms with Gasteiger partial charge in [-0.3, -0.25) is 10.1 Å². The molecule has 0 saturated carbocycles. The van der Waals surface area contributed by atoms with E-state index < -0.39 is 22.4 Å². The van der Waals surface area contributed by atoms with Gasteiger partial charge >= 0.3 is 6.18 Å². The molecule has 1 heterocycles. The zero-order valence-electron chi connectivity index (χ0n) is 10.6. The maximum atomic E-state index is 12.5. The van der Waals surface area contributed by atoms with Crippen LogP contribution in [-0.2, 0) is 12.6 Å². The van der Waals surface area contributed by atoms with Gasteiger partial charge in [-0.15, -0.1) is 0 Å². The second-order valence-electron chi connectivity index (χ2n) is 4.20. The molecule has 0 saturated heterocycles. The minimum Gasteiger partial charge on any atom is -0.379 e. The second-order valence-corrected chi connectivity index (χ2v) is 4.20. The molecule has 2 aromatic rings. The Hall–Kier alpha value is -2.58. The number of nitro groups is 1. The number of nitrogens with zero attached hydrogens (tertiary/aromatic N) is 2. The van der Waals surface area contributed by atoms with E-state index in [0.29, 0.717) is 24.9 Å². The Balaban J connectivity index is 2.13. The Kier molecular flexibility index (Phi) is 4.10. The molecule has 1 aromatic carbocycles. The molecular weight excluding hydrogens is 289 g/mol. The van der Waals surface area contributed by atoms with Crippen LogP contribution < -0.4 is 5.32 Å². The number of halogens is 3. The number of alkyl halides is 3. The van der Waals surface area contributed by atoms with Gasteiger partial charge in [-0.1, -0.05) is 0 Å². The highest BCUT2D eigenvalue weighted by atomic mass is 19.4. The lowest BCUT2D eigenvalue weighted by molar-refractivity contribution is -0.384. The molecule has 0 bridgehead atoms. The first-order chi connectivity index (χ1) is 9.88. The van der Waals surface area contributed by atoms with Crippen LogP contribution in [0.15, 0.2) is 30.6 Å². The van der Waals surface area contributed by atoms with Crippen molar-refractivity contribution in [3.05, 3.63) is 52.1 Å². The van der Waals surface area contributed by atoms with Crippen molar-refractivity contribution in [2.75, 3.05) is 11.9 Å². The molecule has 21 heavy (non-hydrogen) atoms. The van der Waals surface area contributed by atoms with Crippen molar-refractivity contribution in [3.63, 3.8) is 0 Å². The normalized spacial score (nSPS) is 11.4. The van der Waals surface area contributed by atoms with Crippen LogP contribution in [-0.4, -0.2) is 21.4 Å². The lowest BCUT2D eigenvalue weighted by atomic mass is 10.1. The van der Waals surface area contributed by atoms with E-state index in [4.69, 9.17) is 0 Å². The summed E-state index contributed by atoms with van der Waals surface area (Å²) in [6, 6.07) is 2.39. The van der Waals surface area contributed by atoms with E-state index in [-0.39, 0.29) is 5.69 Å². The Labute approximate surface area is 117 Å². The van der Waals surface area contributed by atoms with Crippen LogP contribution in [0.5, 0.6) is 0 Å². The number of H-pyrrole nitrogens is 1. The fourth-order valence-electron chi connectivity index (χ4n) is 1.76. The van der Waals surface area contributed by atoms with Gasteiger partial charge in [-0.2, -0.15) is 13.2 Å². The van der Waals surface area contributed by atoms with Crippen LogP contribution in [0, 0.1) is 10.1 Å². The molecular formula is C12H11F3N4O2. The lowest BCUT2D eigenvalue weighted by Crippen LogP contribution is -2.10. The first-order valence-electron chi connectivity index (χ1n) is 5.95. The molecule has 2 N–H and O–H groups in total. The van der Waals surface area contributed by atoms with E-state index in [1.165, 1.54) is 0 Å². The molecule has 0 aliphatic heterocycles. The number of hydrogen-bond donors (Lipinski definition) is 2. The van der Waals surface area contributed by atoms with Crippen LogP contribution in [0.2, 0.25) is 0 Å². The molecule has 0 aliphatic carbocycles. The Morgan fingerprint density at radius 3 is 2.71 bits per heavy atom. The van der Waals surface area contributed by atoms with Crippen LogP contribution in [0.4, 0.5) is 24.5 Å². The highest BCUT2D eigenvalue weighted by molar-refractivity contribution is 5.62. The van der Waals surface area contributed by atoms with Crippen LogP contribution in [0.3, 0.4) is 0 Å². The Bertz CT molecular complexity index is 626. The van der Waals surface area contributed by atoms with Crippen LogP contribution in [0.25, 0.3) is 0 Å². The number of imidazole rings is 1. The summed E-state index contributed by atoms with van der Waals surface area (Å²) in [5, 5.41) is 13.6. The zero-order chi connectivity index (χ0) is 15.5. The fraction of sp³-hybridized carbons (Fsp3) is 0.250. The highest BCUT2D eigenvalue weighted by Gasteiger charge is 2.32. The van der Waals surface area contributed by atoms with E-state index in [1.54, 1.807) is 12.4 Å². The van der Waals surface area contributed by atoms with E-state index >= 15 is 0 Å². The predicted octanol–water partition coefficient (Wildman–Crippen LogP) is 2.99. The average Bonchev–Trinajstić information content (AvgIpc) is 2.90. The van der Waals surface area contributed by atoms with Gasteiger partial charge in [0.2, 0.25) is 0 Å². The topological polar surface area (TPSA) is 83.8 Å². The molecule has 0 spiro atoms. The second kappa shape index (κ2) is 5.81. The maximum Gasteiger partial charge on any atom is 0.416 e. The highest BCUT2D eigenvalue weighted by Crippen LogP contribution is 2.34. The average molecular weight is 300 g/mol. The quantitative estimate of drug-likeness (QED) is 0.656. The molecule has 0 radical (unpaired) electrons. The van der Waals surface area contributed by atoms with Crippen molar-refractivity contribution in [3.8, 4) is 0 Å². The van der Waals surface area contributed by atoms with E-state index in [0.717, 1.165) is 12.1 Å². The maximum absolute atomic E-state index is 12.5. The predicted molar refractivity (Wildman–Crippen MR) is 68.9 cm³/mol. The molecule has 6 nitrogen and oxygen atoms in total. The molecule has 1 aromatic heterocycles. The standard InChI is InChI=1S/C12H11F3N4O2/c13-12(14,15)8-1-2-9(10(7-8)19(20)21)16-4-3-11-17-5-6-18-11/h1-2,5-7,16H,3-4H2,(H,17,18). The third-order valence-electron chi connectivity index (χ3n) is 2.75. The van der Waals surface area contributed by atoms with Gasteiger partial charge in [0.05, 0.1) is 10.5 Å². The first kappa shape index (κ1) is 14.8. The summed E-state index contributed by atoms with van der Waals surface area (Å²) in [5.41, 5.74) is -1.62. The summed E-state index contributed by atoms with van der Waals surface area (Å²) in [5.74, 6) is 0.678. The smallest absolute Gasteiger partial charge is 0.379 e. The van der Waals surface area contributed by atoms with Gasteiger partial charge in [-0.05, 0) is 12.1 Å². The van der Waals surface area contributed by atoms with Gasteiger partial charge < -0.3 is 10.3 Å². The van der Waals surface area contributed by atoms with Crippen LogP contribution >= 0.6 is 0 Å². The monoisotopic (exact) mass is 300 g/mol. The molecule has 2 rings (SSSR count). The van der Waals surface area contributed by atoms with Crippen molar-refractivity contribution in [1.29, 1.82) is 0 Å². The third kappa shape index (κ3) is 3.71. The Morgan fingerprint density at radius 1 is 1.38 bits per heavy atom. The summed E-state index contributed by atoms with van der Waals surface area (Å²) < 4.78 is 37.6. The SMILES string of the molecule is O=[N+]([O-])c1cc(C(F)(F)F)ccc1NCCc1ncc[nH]1. The summed E-state index contributed by atoms with van der Waals surface area (Å²) in [7, 11) is 0. The largest absolute Gasteiger partial charge is 0.416 e. The molecule has 0 fully saturated rings. The molecule has 0 atom stereocenters. The number of rotatable bonds is 5. The zero-order valence-corrected chi connectivity index (χ0v) is 10.6. The van der Waals surface area contributed by atoms with Gasteiger partial charge in [0.1, 0.15) is 11.5 Å². The van der Waals surface area contributed by atoms with E-state index in [1.807, 2.05) is 0 Å². The number of aromatic nitrogens is 2. The minimum absolute atomic E-state index is 0.0413. The minimum atomic E-state index is -4.61. The number of anilines is 1. The fourth-order valence-corrected chi connectivity index (χ4v) is 1.76. The summed E-state index contributed by atoms with van der Waals surface area (Å²) >= 11 is 0. The van der Waals surface area contributed by atoms with E-state index in [9.17, 15) is 23.3 Å². The van der Waals surface area contributed by atoms with Crippen molar-refractivity contribution >= 4 is 11.4 Å². The summed E-state index contributed by atoms with van der Waals surface area (Å²) in [4.78, 5) is 16.9. The first-order valence-corrected chi connectivity index (χ1v) is 5.95. The number of nitro benzene ring substituents is 1. The third-order valence-corrected chi connectivity index (χ3v) is 2.75. The number of aromatic amines is 1. The van der Waals surface area contributed by atoms with E-state index in [2.05, 4.69) is 15.3 Å². The van der Waals surface area contributed by atoms with Gasteiger partial charge in [-0.25, -0.2) is 4.98 Å². The number of hydrogen-bond acceptors (Lipinski definition) is 4. The number of nitrogens with one attached hydrogen (secondary N) is 2. The molecule has 0 aliphatic rings. The van der Waals surface area contributed by atoms with Crippen LogP contribution in [0.1, 0.15) is 11.4 Å². The van der Waals surface area contributed by atoms with Crippen molar-refractivity contribution in [2.24, 2.45) is 0 Å². The van der Waals surface area contributed by atoms with Gasteiger partial charge in [0.25, 0.3) is 5.69 Å². The Morgan fingerprint density at radius 2 is 2.14 bits per heavy atom. The number of benzene rings is 1. The summed E-state index contributed by atoms with van der Waals surface area (Å²) in [6.45, 7) is 0.305. The van der Waals surface area contributed by atoms with Gasteiger partial charge in [0, 0.05) is 31.4 Å².